The number of likely N-dealkylation sites (tertiary alicyclic amines) is 1. The van der Waals surface area contributed by atoms with Gasteiger partial charge < -0.3 is 19.6 Å². The zero-order valence-electron chi connectivity index (χ0n) is 19.3. The number of fused-ring (bicyclic) bond motifs is 2. The van der Waals surface area contributed by atoms with Gasteiger partial charge in [0.15, 0.2) is 0 Å². The SMILES string of the molecule is CCCC(C)N1CC=C[C@]23S[C@]4(C)C=CCCOC(=O)[C@@H]4[C@H]2C(=O)N([C@H](C)CO)C3C1=O. The summed E-state index contributed by atoms with van der Waals surface area (Å²) in [5.41, 5.74) is 0. The van der Waals surface area contributed by atoms with E-state index in [1.165, 1.54) is 11.8 Å². The number of esters is 1. The van der Waals surface area contributed by atoms with Crippen LogP contribution in [0.3, 0.4) is 0 Å². The number of rotatable bonds is 5. The van der Waals surface area contributed by atoms with Gasteiger partial charge in [-0.25, -0.2) is 0 Å². The zero-order valence-corrected chi connectivity index (χ0v) is 20.1. The minimum Gasteiger partial charge on any atom is -0.465 e. The monoisotopic (exact) mass is 462 g/mol. The van der Waals surface area contributed by atoms with Crippen LogP contribution >= 0.6 is 11.8 Å². The van der Waals surface area contributed by atoms with E-state index in [0.29, 0.717) is 13.0 Å². The van der Waals surface area contributed by atoms with Crippen LogP contribution in [0.25, 0.3) is 0 Å². The van der Waals surface area contributed by atoms with E-state index < -0.39 is 33.4 Å². The van der Waals surface area contributed by atoms with Crippen molar-refractivity contribution in [2.75, 3.05) is 19.8 Å². The molecule has 0 saturated carbocycles. The predicted molar refractivity (Wildman–Crippen MR) is 123 cm³/mol. The second-order valence-corrected chi connectivity index (χ2v) is 11.5. The summed E-state index contributed by atoms with van der Waals surface area (Å²) in [6, 6.07) is -1.26. The number of thioether (sulfide) groups is 1. The highest BCUT2D eigenvalue weighted by atomic mass is 32.2. The fraction of sp³-hybridized carbons (Fsp3) is 0.708. The van der Waals surface area contributed by atoms with Crippen LogP contribution in [0, 0.1) is 11.8 Å². The minimum atomic E-state index is -0.884. The van der Waals surface area contributed by atoms with Gasteiger partial charge in [-0.05, 0) is 33.6 Å². The Morgan fingerprint density at radius 1 is 1.16 bits per heavy atom. The molecule has 0 aromatic rings. The average Bonchev–Trinajstić information content (AvgIpc) is 3.07. The molecule has 2 saturated heterocycles. The molecular weight excluding hydrogens is 428 g/mol. The minimum absolute atomic E-state index is 0.0354. The van der Waals surface area contributed by atoms with Crippen LogP contribution in [0.5, 0.6) is 0 Å². The van der Waals surface area contributed by atoms with Gasteiger partial charge in [0.05, 0.1) is 35.8 Å². The first kappa shape index (κ1) is 23.4. The topological polar surface area (TPSA) is 87.2 Å². The molecule has 0 aromatic carbocycles. The van der Waals surface area contributed by atoms with Crippen molar-refractivity contribution >= 4 is 29.5 Å². The highest BCUT2D eigenvalue weighted by Gasteiger charge is 2.74. The average molecular weight is 463 g/mol. The highest BCUT2D eigenvalue weighted by Crippen LogP contribution is 2.65. The molecule has 0 aromatic heterocycles. The fourth-order valence-electron chi connectivity index (χ4n) is 5.98. The highest BCUT2D eigenvalue weighted by molar-refractivity contribution is 8.02. The molecular formula is C24H34N2O5S. The first-order valence-corrected chi connectivity index (χ1v) is 12.5. The van der Waals surface area contributed by atoms with Gasteiger partial charge in [-0.15, -0.1) is 11.8 Å². The molecule has 2 fully saturated rings. The fourth-order valence-corrected chi connectivity index (χ4v) is 8.12. The van der Waals surface area contributed by atoms with Crippen LogP contribution < -0.4 is 0 Å². The van der Waals surface area contributed by atoms with Gasteiger partial charge in [0.25, 0.3) is 0 Å². The molecule has 7 atom stereocenters. The largest absolute Gasteiger partial charge is 0.465 e. The molecule has 176 valence electrons. The van der Waals surface area contributed by atoms with Gasteiger partial charge in [0, 0.05) is 17.3 Å². The second-order valence-electron chi connectivity index (χ2n) is 9.66. The number of cyclic esters (lactones) is 1. The Hall–Kier alpha value is -1.80. The number of carbonyl (C=O) groups is 3. The summed E-state index contributed by atoms with van der Waals surface area (Å²) in [6.07, 6.45) is 10.5. The Morgan fingerprint density at radius 2 is 1.91 bits per heavy atom. The number of hydrogen-bond acceptors (Lipinski definition) is 6. The normalized spacial score (nSPS) is 38.4. The van der Waals surface area contributed by atoms with Crippen LogP contribution in [0.1, 0.15) is 47.0 Å². The molecule has 2 amide bonds. The van der Waals surface area contributed by atoms with Crippen LogP contribution in [-0.4, -0.2) is 80.1 Å². The van der Waals surface area contributed by atoms with Crippen molar-refractivity contribution in [3.8, 4) is 0 Å². The lowest BCUT2D eigenvalue weighted by molar-refractivity contribution is -0.154. The number of aliphatic hydroxyl groups is 1. The number of aliphatic hydroxyl groups excluding tert-OH is 1. The van der Waals surface area contributed by atoms with E-state index in [4.69, 9.17) is 4.74 Å². The molecule has 8 heteroatoms. The molecule has 4 aliphatic heterocycles. The van der Waals surface area contributed by atoms with E-state index in [1.54, 1.807) is 11.8 Å². The summed E-state index contributed by atoms with van der Waals surface area (Å²) in [5, 5.41) is 9.95. The quantitative estimate of drug-likeness (QED) is 0.498. The second kappa shape index (κ2) is 8.52. The summed E-state index contributed by atoms with van der Waals surface area (Å²) in [6.45, 7) is 8.38. The summed E-state index contributed by atoms with van der Waals surface area (Å²) in [5.74, 6) is -2.12. The summed E-state index contributed by atoms with van der Waals surface area (Å²) in [4.78, 5) is 44.5. The van der Waals surface area contributed by atoms with E-state index in [9.17, 15) is 19.5 Å². The van der Waals surface area contributed by atoms with Crippen molar-refractivity contribution in [2.45, 2.75) is 74.6 Å². The lowest BCUT2D eigenvalue weighted by Gasteiger charge is -2.40. The third kappa shape index (κ3) is 3.33. The predicted octanol–water partition coefficient (Wildman–Crippen LogP) is 2.14. The van der Waals surface area contributed by atoms with Gasteiger partial charge in [-0.3, -0.25) is 14.4 Å². The number of carbonyl (C=O) groups excluding carboxylic acids is 3. The molecule has 2 unspecified atom stereocenters. The van der Waals surface area contributed by atoms with Crippen LogP contribution in [0.2, 0.25) is 0 Å². The molecule has 1 N–H and O–H groups in total. The Balaban J connectivity index is 1.87. The van der Waals surface area contributed by atoms with Gasteiger partial charge in [0.2, 0.25) is 11.8 Å². The third-order valence-corrected chi connectivity index (χ3v) is 9.26. The smallest absolute Gasteiger partial charge is 0.311 e. The molecule has 4 heterocycles. The maximum absolute atomic E-state index is 14.0. The van der Waals surface area contributed by atoms with Crippen molar-refractivity contribution < 1.29 is 24.2 Å². The van der Waals surface area contributed by atoms with E-state index in [0.717, 1.165) is 12.8 Å². The van der Waals surface area contributed by atoms with E-state index >= 15 is 0 Å². The lowest BCUT2D eigenvalue weighted by atomic mass is 9.74. The molecule has 1 spiro atoms. The first-order chi connectivity index (χ1) is 15.2. The van der Waals surface area contributed by atoms with E-state index in [1.807, 2.05) is 43.1 Å². The lowest BCUT2D eigenvalue weighted by Crippen LogP contribution is -2.57. The van der Waals surface area contributed by atoms with Crippen LogP contribution in [0.4, 0.5) is 0 Å². The van der Waals surface area contributed by atoms with Gasteiger partial charge in [-0.2, -0.15) is 0 Å². The Labute approximate surface area is 194 Å². The van der Waals surface area contributed by atoms with Crippen molar-refractivity contribution in [1.82, 2.24) is 9.80 Å². The standard InChI is InChI=1S/C24H34N2O5S/c1-5-9-15(2)25-12-8-11-24-17(20(28)26(16(3)14-27)19(24)21(25)29)18-22(30)31-13-7-6-10-23(18,4)32-24/h6,8,10-11,15-19,27H,5,7,9,12-14H2,1-4H3/t15?,16-,17+,18+,19?,23-,24+/m1/s1. The summed E-state index contributed by atoms with van der Waals surface area (Å²) < 4.78 is 3.99. The van der Waals surface area contributed by atoms with Crippen LogP contribution in [-0.2, 0) is 19.1 Å². The molecule has 0 bridgehead atoms. The summed E-state index contributed by atoms with van der Waals surface area (Å²) >= 11 is 1.54. The Kier molecular flexibility index (Phi) is 6.22. The van der Waals surface area contributed by atoms with Crippen molar-refractivity contribution in [3.63, 3.8) is 0 Å². The maximum Gasteiger partial charge on any atom is 0.311 e. The van der Waals surface area contributed by atoms with Gasteiger partial charge in [0.1, 0.15) is 6.04 Å². The molecule has 4 rings (SSSR count). The number of nitrogens with zero attached hydrogens (tertiary/aromatic N) is 2. The van der Waals surface area contributed by atoms with Crippen molar-refractivity contribution in [2.24, 2.45) is 11.8 Å². The molecule has 0 radical (unpaired) electrons. The number of hydrogen-bond donors (Lipinski definition) is 1. The molecule has 32 heavy (non-hydrogen) atoms. The maximum atomic E-state index is 14.0. The van der Waals surface area contributed by atoms with Gasteiger partial charge >= 0.3 is 5.97 Å². The molecule has 0 aliphatic carbocycles. The Bertz CT molecular complexity index is 859. The first-order valence-electron chi connectivity index (χ1n) is 11.7. The van der Waals surface area contributed by atoms with Gasteiger partial charge in [-0.1, -0.05) is 37.6 Å². The molecule has 4 aliphatic rings. The third-order valence-electron chi connectivity index (χ3n) is 7.47. The number of ether oxygens (including phenoxy) is 1. The number of amides is 2. The summed E-state index contributed by atoms with van der Waals surface area (Å²) in [7, 11) is 0. The van der Waals surface area contributed by atoms with Crippen LogP contribution in [0.15, 0.2) is 24.3 Å². The molecule has 7 nitrogen and oxygen atoms in total. The van der Waals surface area contributed by atoms with E-state index in [-0.39, 0.29) is 37.0 Å². The zero-order chi connectivity index (χ0) is 23.3. The van der Waals surface area contributed by atoms with Crippen molar-refractivity contribution in [3.05, 3.63) is 24.3 Å². The van der Waals surface area contributed by atoms with Crippen molar-refractivity contribution in [1.29, 1.82) is 0 Å². The van der Waals surface area contributed by atoms with E-state index in [2.05, 4.69) is 6.92 Å². The Morgan fingerprint density at radius 3 is 2.59 bits per heavy atom.